The van der Waals surface area contributed by atoms with Gasteiger partial charge in [0.2, 0.25) is 0 Å². The van der Waals surface area contributed by atoms with E-state index in [4.69, 9.17) is 9.47 Å². The molecule has 2 bridgehead atoms. The van der Waals surface area contributed by atoms with Gasteiger partial charge in [0, 0.05) is 12.8 Å². The summed E-state index contributed by atoms with van der Waals surface area (Å²) in [5.41, 5.74) is 0. The number of nitrogens with zero attached hydrogens (tertiary/aromatic N) is 1. The third kappa shape index (κ3) is 7.53. The molecule has 0 saturated carbocycles. The van der Waals surface area contributed by atoms with Gasteiger partial charge in [-0.1, -0.05) is 0 Å². The molecule has 2 N–H and O–H groups in total. The van der Waals surface area contributed by atoms with E-state index in [2.05, 4.69) is 15.6 Å². The van der Waals surface area contributed by atoms with Gasteiger partial charge in [0.05, 0.1) is 43.8 Å². The van der Waals surface area contributed by atoms with E-state index >= 15 is 0 Å². The van der Waals surface area contributed by atoms with E-state index in [0.717, 1.165) is 25.3 Å². The van der Waals surface area contributed by atoms with Crippen molar-refractivity contribution in [2.75, 3.05) is 38.3 Å². The van der Waals surface area contributed by atoms with E-state index in [1.807, 2.05) is 6.92 Å². The van der Waals surface area contributed by atoms with E-state index in [9.17, 15) is 8.42 Å². The molecule has 136 valence electrons. The Morgan fingerprint density at radius 3 is 2.70 bits per heavy atom. The number of sulfone groups is 1. The van der Waals surface area contributed by atoms with E-state index < -0.39 is 9.84 Å². The van der Waals surface area contributed by atoms with Crippen molar-refractivity contribution >= 4 is 39.8 Å². The molecule has 2 aliphatic rings. The fourth-order valence-corrected chi connectivity index (χ4v) is 3.24. The van der Waals surface area contributed by atoms with Gasteiger partial charge in [0.15, 0.2) is 5.96 Å². The molecule has 7 nitrogen and oxygen atoms in total. The first-order chi connectivity index (χ1) is 10.5. The Morgan fingerprint density at radius 1 is 1.35 bits per heavy atom. The lowest BCUT2D eigenvalue weighted by Crippen LogP contribution is -2.47. The minimum atomic E-state index is -2.96. The number of aliphatic imine (C=N–C) groups is 1. The van der Waals surface area contributed by atoms with Crippen LogP contribution in [-0.2, 0) is 19.3 Å². The van der Waals surface area contributed by atoms with Gasteiger partial charge in [0.1, 0.15) is 9.84 Å². The summed E-state index contributed by atoms with van der Waals surface area (Å²) in [6.45, 7) is 3.96. The molecular formula is C14H28IN3O4S. The monoisotopic (exact) mass is 461 g/mol. The SMILES string of the molecule is CCNC(=NCCOCCS(C)(=O)=O)NC1CC2CCC1O2.I. The van der Waals surface area contributed by atoms with Crippen LogP contribution in [0.3, 0.4) is 0 Å². The molecule has 2 heterocycles. The van der Waals surface area contributed by atoms with Gasteiger partial charge in [0.25, 0.3) is 0 Å². The topological polar surface area (TPSA) is 89.0 Å². The summed E-state index contributed by atoms with van der Waals surface area (Å²) in [4.78, 5) is 4.46. The summed E-state index contributed by atoms with van der Waals surface area (Å²) < 4.78 is 33.1. The number of halogens is 1. The average Bonchev–Trinajstić information content (AvgIpc) is 3.04. The first-order valence-electron chi connectivity index (χ1n) is 7.93. The van der Waals surface area contributed by atoms with Crippen molar-refractivity contribution in [3.05, 3.63) is 0 Å². The first-order valence-corrected chi connectivity index (χ1v) is 10.00. The van der Waals surface area contributed by atoms with Gasteiger partial charge in [-0.15, -0.1) is 24.0 Å². The summed E-state index contributed by atoms with van der Waals surface area (Å²) in [7, 11) is -2.96. The molecule has 23 heavy (non-hydrogen) atoms. The summed E-state index contributed by atoms with van der Waals surface area (Å²) in [6, 6.07) is 0.336. The molecule has 0 aromatic heterocycles. The Morgan fingerprint density at radius 2 is 2.13 bits per heavy atom. The fraction of sp³-hybridized carbons (Fsp3) is 0.929. The smallest absolute Gasteiger partial charge is 0.191 e. The molecule has 0 aromatic carbocycles. The molecule has 0 spiro atoms. The number of nitrogens with one attached hydrogen (secondary N) is 2. The number of hydrogen-bond donors (Lipinski definition) is 2. The third-order valence-corrected chi connectivity index (χ3v) is 4.78. The molecule has 3 unspecified atom stereocenters. The van der Waals surface area contributed by atoms with Crippen molar-refractivity contribution in [3.63, 3.8) is 0 Å². The van der Waals surface area contributed by atoms with Crippen LogP contribution in [0.1, 0.15) is 26.2 Å². The second kappa shape index (κ2) is 10.00. The zero-order chi connectivity index (χ0) is 16.0. The number of guanidine groups is 1. The second-order valence-electron chi connectivity index (χ2n) is 5.86. The molecule has 0 aliphatic carbocycles. The molecular weight excluding hydrogens is 433 g/mol. The van der Waals surface area contributed by atoms with Crippen LogP contribution in [-0.4, -0.2) is 70.9 Å². The van der Waals surface area contributed by atoms with E-state index in [1.165, 1.54) is 12.7 Å². The van der Waals surface area contributed by atoms with Gasteiger partial charge >= 0.3 is 0 Å². The highest BCUT2D eigenvalue weighted by molar-refractivity contribution is 14.0. The predicted octanol–water partition coefficient (Wildman–Crippen LogP) is 0.541. The highest BCUT2D eigenvalue weighted by Crippen LogP contribution is 2.34. The normalized spacial score (nSPS) is 26.9. The molecule has 2 fully saturated rings. The van der Waals surface area contributed by atoms with Crippen LogP contribution >= 0.6 is 24.0 Å². The van der Waals surface area contributed by atoms with Crippen LogP contribution in [0.25, 0.3) is 0 Å². The fourth-order valence-electron chi connectivity index (χ4n) is 2.82. The number of hydrogen-bond acceptors (Lipinski definition) is 5. The molecule has 3 atom stereocenters. The third-order valence-electron chi connectivity index (χ3n) is 3.88. The highest BCUT2D eigenvalue weighted by atomic mass is 127. The number of fused-ring (bicyclic) bond motifs is 2. The lowest BCUT2D eigenvalue weighted by molar-refractivity contribution is 0.0992. The largest absolute Gasteiger partial charge is 0.378 e. The summed E-state index contributed by atoms with van der Waals surface area (Å²) in [5.74, 6) is 0.827. The van der Waals surface area contributed by atoms with E-state index in [-0.39, 0.29) is 36.3 Å². The molecule has 2 rings (SSSR count). The standard InChI is InChI=1S/C14H27N3O4S.HI/c1-3-15-14(16-6-7-20-8-9-22(2,18)19)17-12-10-11-4-5-13(12)21-11;/h11-13H,3-10H2,1-2H3,(H2,15,16,17);1H. The quantitative estimate of drug-likeness (QED) is 0.238. The van der Waals surface area contributed by atoms with E-state index in [1.54, 1.807) is 0 Å². The van der Waals surface area contributed by atoms with Crippen LogP contribution in [0.5, 0.6) is 0 Å². The maximum atomic E-state index is 11.0. The number of ether oxygens (including phenoxy) is 2. The molecule has 2 aliphatic heterocycles. The number of rotatable bonds is 8. The first kappa shape index (κ1) is 20.9. The minimum Gasteiger partial charge on any atom is -0.378 e. The minimum absolute atomic E-state index is 0. The lowest BCUT2D eigenvalue weighted by Gasteiger charge is -2.22. The zero-order valence-electron chi connectivity index (χ0n) is 13.8. The van der Waals surface area contributed by atoms with Crippen LogP contribution < -0.4 is 10.6 Å². The van der Waals surface area contributed by atoms with Gasteiger partial charge in [-0.25, -0.2) is 8.42 Å². The maximum absolute atomic E-state index is 11.0. The van der Waals surface area contributed by atoms with Gasteiger partial charge in [-0.3, -0.25) is 4.99 Å². The van der Waals surface area contributed by atoms with Crippen molar-refractivity contribution in [1.29, 1.82) is 0 Å². The van der Waals surface area contributed by atoms with Crippen molar-refractivity contribution < 1.29 is 17.9 Å². The Kier molecular flexibility index (Phi) is 9.09. The van der Waals surface area contributed by atoms with Gasteiger partial charge < -0.3 is 20.1 Å². The lowest BCUT2D eigenvalue weighted by atomic mass is 9.96. The summed E-state index contributed by atoms with van der Waals surface area (Å²) in [6.07, 6.45) is 5.25. The van der Waals surface area contributed by atoms with Crippen molar-refractivity contribution in [3.8, 4) is 0 Å². The summed E-state index contributed by atoms with van der Waals surface area (Å²) >= 11 is 0. The van der Waals surface area contributed by atoms with Crippen LogP contribution in [0.2, 0.25) is 0 Å². The highest BCUT2D eigenvalue weighted by Gasteiger charge is 2.41. The Balaban J connectivity index is 0.00000264. The van der Waals surface area contributed by atoms with Gasteiger partial charge in [-0.05, 0) is 26.2 Å². The van der Waals surface area contributed by atoms with Crippen molar-refractivity contribution in [1.82, 2.24) is 10.6 Å². The zero-order valence-corrected chi connectivity index (χ0v) is 16.9. The maximum Gasteiger partial charge on any atom is 0.191 e. The van der Waals surface area contributed by atoms with Gasteiger partial charge in [-0.2, -0.15) is 0 Å². The second-order valence-corrected chi connectivity index (χ2v) is 8.12. The van der Waals surface area contributed by atoms with Crippen LogP contribution in [0.4, 0.5) is 0 Å². The molecule has 0 radical (unpaired) electrons. The predicted molar refractivity (Wildman–Crippen MR) is 101 cm³/mol. The molecule has 2 saturated heterocycles. The van der Waals surface area contributed by atoms with E-state index in [0.29, 0.717) is 31.4 Å². The Bertz CT molecular complexity index is 486. The van der Waals surface area contributed by atoms with Crippen LogP contribution in [0.15, 0.2) is 4.99 Å². The average molecular weight is 461 g/mol. The van der Waals surface area contributed by atoms with Crippen LogP contribution in [0, 0.1) is 0 Å². The van der Waals surface area contributed by atoms with Crippen molar-refractivity contribution in [2.24, 2.45) is 4.99 Å². The van der Waals surface area contributed by atoms with Crippen molar-refractivity contribution in [2.45, 2.75) is 44.4 Å². The Hall–Kier alpha value is -0.130. The Labute approximate surface area is 155 Å². The molecule has 0 aromatic rings. The molecule has 0 amide bonds. The molecule has 9 heteroatoms. The summed E-state index contributed by atoms with van der Waals surface area (Å²) in [5, 5.41) is 6.64.